The van der Waals surface area contributed by atoms with E-state index in [0.29, 0.717) is 5.92 Å². The van der Waals surface area contributed by atoms with Crippen LogP contribution >= 0.6 is 0 Å². The minimum Gasteiger partial charge on any atom is -0.382 e. The van der Waals surface area contributed by atoms with Crippen LogP contribution in [0.25, 0.3) is 11.2 Å². The number of pyridine rings is 1. The minimum atomic E-state index is -0.0560. The molecule has 3 aromatic rings. The Kier molecular flexibility index (Phi) is 6.39. The molecule has 160 valence electrons. The molecule has 0 spiro atoms. The van der Waals surface area contributed by atoms with Gasteiger partial charge in [0.2, 0.25) is 0 Å². The van der Waals surface area contributed by atoms with Gasteiger partial charge in [-0.15, -0.1) is 0 Å². The number of aryl methyl sites for hydroxylation is 2. The van der Waals surface area contributed by atoms with Crippen LogP contribution in [0.15, 0.2) is 30.9 Å². The standard InChI is InChI=1S/C23H32N6O/c1-4-30-12-10-23(3,19-7-5-17(2)25-13-19)29-11-9-18(15-29)6-8-21-27-20-14-24-16-26-22(20)28-21/h5,7,13-14,16,18H,4,6,8-12,15H2,1-3H3,(H,24,26,27,28)/t18-,23-/m1/s1. The van der Waals surface area contributed by atoms with Gasteiger partial charge in [0, 0.05) is 43.6 Å². The first kappa shape index (κ1) is 20.9. The van der Waals surface area contributed by atoms with Gasteiger partial charge in [-0.3, -0.25) is 9.88 Å². The quantitative estimate of drug-likeness (QED) is 0.545. The topological polar surface area (TPSA) is 79.8 Å². The zero-order valence-electron chi connectivity index (χ0n) is 18.3. The van der Waals surface area contributed by atoms with Crippen molar-refractivity contribution in [1.29, 1.82) is 0 Å². The summed E-state index contributed by atoms with van der Waals surface area (Å²) in [6.45, 7) is 10.2. The zero-order valence-corrected chi connectivity index (χ0v) is 18.3. The molecule has 0 unspecified atom stereocenters. The molecule has 0 amide bonds. The van der Waals surface area contributed by atoms with Crippen LogP contribution in [0.2, 0.25) is 0 Å². The molecule has 7 nitrogen and oxygen atoms in total. The molecule has 4 heterocycles. The highest BCUT2D eigenvalue weighted by molar-refractivity contribution is 5.68. The lowest BCUT2D eigenvalue weighted by atomic mass is 9.88. The van der Waals surface area contributed by atoms with Gasteiger partial charge in [-0.1, -0.05) is 6.07 Å². The van der Waals surface area contributed by atoms with E-state index in [0.717, 1.165) is 68.2 Å². The predicted octanol–water partition coefficient (Wildman–Crippen LogP) is 3.65. The van der Waals surface area contributed by atoms with Gasteiger partial charge >= 0.3 is 0 Å². The van der Waals surface area contributed by atoms with E-state index in [1.165, 1.54) is 12.0 Å². The molecule has 7 heteroatoms. The molecule has 1 aliphatic rings. The van der Waals surface area contributed by atoms with Gasteiger partial charge in [0.15, 0.2) is 5.65 Å². The molecule has 0 aromatic carbocycles. The van der Waals surface area contributed by atoms with Gasteiger partial charge < -0.3 is 9.72 Å². The molecule has 1 N–H and O–H groups in total. The number of likely N-dealkylation sites (tertiary alicyclic amines) is 1. The lowest BCUT2D eigenvalue weighted by molar-refractivity contribution is 0.0619. The van der Waals surface area contributed by atoms with Crippen molar-refractivity contribution in [3.8, 4) is 0 Å². The molecule has 0 saturated carbocycles. The average Bonchev–Trinajstić information content (AvgIpc) is 3.40. The number of hydrogen-bond acceptors (Lipinski definition) is 6. The summed E-state index contributed by atoms with van der Waals surface area (Å²) in [6, 6.07) is 4.35. The number of nitrogens with zero attached hydrogens (tertiary/aromatic N) is 5. The molecule has 1 fully saturated rings. The summed E-state index contributed by atoms with van der Waals surface area (Å²) in [7, 11) is 0. The van der Waals surface area contributed by atoms with E-state index in [1.54, 1.807) is 12.5 Å². The van der Waals surface area contributed by atoms with Crippen LogP contribution in [-0.2, 0) is 16.7 Å². The van der Waals surface area contributed by atoms with E-state index in [-0.39, 0.29) is 5.54 Å². The van der Waals surface area contributed by atoms with Crippen molar-refractivity contribution in [2.45, 2.75) is 52.0 Å². The van der Waals surface area contributed by atoms with E-state index in [2.05, 4.69) is 55.8 Å². The highest BCUT2D eigenvalue weighted by Gasteiger charge is 2.38. The average molecular weight is 409 g/mol. The maximum atomic E-state index is 5.72. The molecule has 0 aliphatic carbocycles. The Morgan fingerprint density at radius 2 is 2.17 bits per heavy atom. The molecule has 30 heavy (non-hydrogen) atoms. The number of hydrogen-bond donors (Lipinski definition) is 1. The number of imidazole rings is 1. The number of fused-ring (bicyclic) bond motifs is 1. The lowest BCUT2D eigenvalue weighted by Crippen LogP contribution is -2.43. The molecule has 1 saturated heterocycles. The molecular formula is C23H32N6O. The van der Waals surface area contributed by atoms with Crippen LogP contribution in [0.1, 0.15) is 50.2 Å². The predicted molar refractivity (Wildman–Crippen MR) is 117 cm³/mol. The Hall–Kier alpha value is -2.38. The van der Waals surface area contributed by atoms with Crippen LogP contribution < -0.4 is 0 Å². The second-order valence-electron chi connectivity index (χ2n) is 8.49. The van der Waals surface area contributed by atoms with Crippen molar-refractivity contribution in [2.24, 2.45) is 5.92 Å². The normalized spacial score (nSPS) is 19.4. The van der Waals surface area contributed by atoms with Crippen LogP contribution in [-0.4, -0.2) is 56.1 Å². The second-order valence-corrected chi connectivity index (χ2v) is 8.49. The largest absolute Gasteiger partial charge is 0.382 e. The number of nitrogens with one attached hydrogen (secondary N) is 1. The summed E-state index contributed by atoms with van der Waals surface area (Å²) in [6.07, 6.45) is 9.63. The van der Waals surface area contributed by atoms with Crippen LogP contribution in [0.3, 0.4) is 0 Å². The summed E-state index contributed by atoms with van der Waals surface area (Å²) >= 11 is 0. The number of H-pyrrole nitrogens is 1. The molecular weight excluding hydrogens is 376 g/mol. The Labute approximate surface area is 178 Å². The van der Waals surface area contributed by atoms with Crippen molar-refractivity contribution < 1.29 is 4.74 Å². The minimum absolute atomic E-state index is 0.0560. The van der Waals surface area contributed by atoms with Crippen molar-refractivity contribution in [3.63, 3.8) is 0 Å². The summed E-state index contributed by atoms with van der Waals surface area (Å²) in [4.78, 5) is 23.4. The second kappa shape index (κ2) is 9.18. The fraction of sp³-hybridized carbons (Fsp3) is 0.565. The SMILES string of the molecule is CCOCC[C@](C)(c1ccc(C)nc1)N1CC[C@@H](CCc2nc3ncncc3[nH]2)C1. The maximum absolute atomic E-state index is 5.72. The fourth-order valence-corrected chi connectivity index (χ4v) is 4.47. The number of rotatable bonds is 9. The van der Waals surface area contributed by atoms with Gasteiger partial charge in [-0.2, -0.15) is 0 Å². The van der Waals surface area contributed by atoms with E-state index in [4.69, 9.17) is 4.74 Å². The van der Waals surface area contributed by atoms with Crippen LogP contribution in [0, 0.1) is 12.8 Å². The van der Waals surface area contributed by atoms with Crippen molar-refractivity contribution in [3.05, 3.63) is 47.9 Å². The van der Waals surface area contributed by atoms with Crippen LogP contribution in [0.4, 0.5) is 0 Å². The van der Waals surface area contributed by atoms with E-state index < -0.39 is 0 Å². The van der Waals surface area contributed by atoms with Gasteiger partial charge in [0.05, 0.1) is 6.20 Å². The van der Waals surface area contributed by atoms with E-state index in [1.807, 2.05) is 13.1 Å². The first-order valence-electron chi connectivity index (χ1n) is 11.0. The van der Waals surface area contributed by atoms with Crippen molar-refractivity contribution >= 4 is 11.2 Å². The van der Waals surface area contributed by atoms with Crippen LogP contribution in [0.5, 0.6) is 0 Å². The van der Waals surface area contributed by atoms with Crippen molar-refractivity contribution in [1.82, 2.24) is 29.8 Å². The smallest absolute Gasteiger partial charge is 0.180 e. The fourth-order valence-electron chi connectivity index (χ4n) is 4.47. The molecule has 4 rings (SSSR count). The lowest BCUT2D eigenvalue weighted by Gasteiger charge is -2.39. The highest BCUT2D eigenvalue weighted by atomic mass is 16.5. The summed E-state index contributed by atoms with van der Waals surface area (Å²) in [5, 5.41) is 0. The summed E-state index contributed by atoms with van der Waals surface area (Å²) < 4.78 is 5.72. The molecule has 0 radical (unpaired) electrons. The Balaban J connectivity index is 1.42. The molecule has 1 aliphatic heterocycles. The third-order valence-corrected chi connectivity index (χ3v) is 6.45. The van der Waals surface area contributed by atoms with E-state index >= 15 is 0 Å². The van der Waals surface area contributed by atoms with Crippen molar-refractivity contribution in [2.75, 3.05) is 26.3 Å². The van der Waals surface area contributed by atoms with Gasteiger partial charge in [-0.25, -0.2) is 15.0 Å². The number of ether oxygens (including phenoxy) is 1. The van der Waals surface area contributed by atoms with Gasteiger partial charge in [0.1, 0.15) is 17.7 Å². The molecule has 3 aromatic heterocycles. The molecule has 0 bridgehead atoms. The maximum Gasteiger partial charge on any atom is 0.180 e. The number of aromatic amines is 1. The summed E-state index contributed by atoms with van der Waals surface area (Å²) in [5.74, 6) is 1.67. The van der Waals surface area contributed by atoms with Gasteiger partial charge in [-0.05, 0) is 64.1 Å². The third kappa shape index (κ3) is 4.52. The first-order valence-corrected chi connectivity index (χ1v) is 11.0. The molecule has 2 atom stereocenters. The van der Waals surface area contributed by atoms with Gasteiger partial charge in [0.25, 0.3) is 0 Å². The Morgan fingerprint density at radius 3 is 2.93 bits per heavy atom. The highest BCUT2D eigenvalue weighted by Crippen LogP contribution is 2.37. The number of aromatic nitrogens is 5. The zero-order chi connectivity index (χ0) is 21.0. The van der Waals surface area contributed by atoms with E-state index in [9.17, 15) is 0 Å². The monoisotopic (exact) mass is 408 g/mol. The third-order valence-electron chi connectivity index (χ3n) is 6.45. The Morgan fingerprint density at radius 1 is 1.27 bits per heavy atom. The first-order chi connectivity index (χ1) is 14.6. The summed E-state index contributed by atoms with van der Waals surface area (Å²) in [5.41, 5.74) is 3.95. The Bertz CT molecular complexity index is 923.